The number of nitrogens with zero attached hydrogens (tertiary/aromatic N) is 4. The first-order valence-electron chi connectivity index (χ1n) is 5.20. The Balaban J connectivity index is 2.53. The van der Waals surface area contributed by atoms with Crippen LogP contribution in [0.3, 0.4) is 0 Å². The Morgan fingerprint density at radius 1 is 1.27 bits per heavy atom. The molecule has 0 aliphatic rings. The molecule has 0 unspecified atom stereocenters. The molecule has 78 valence electrons. The van der Waals surface area contributed by atoms with Gasteiger partial charge in [0.05, 0.1) is 6.54 Å². The quantitative estimate of drug-likeness (QED) is 0.396. The molecule has 0 fully saturated rings. The highest BCUT2D eigenvalue weighted by Gasteiger charge is 2.10. The number of rotatable bonds is 5. The Morgan fingerprint density at radius 3 is 2.80 bits per heavy atom. The lowest BCUT2D eigenvalue weighted by Gasteiger charge is -1.90. The Hall–Kier alpha value is -1.76. The van der Waals surface area contributed by atoms with Gasteiger partial charge in [-0.15, -0.1) is 5.11 Å². The smallest absolute Gasteiger partial charge is 0.188 e. The minimum Gasteiger partial charge on any atom is -0.188 e. The van der Waals surface area contributed by atoms with Crippen LogP contribution in [-0.4, -0.2) is 6.54 Å². The first-order valence-corrected chi connectivity index (χ1v) is 5.20. The third-order valence-electron chi connectivity index (χ3n) is 2.03. The summed E-state index contributed by atoms with van der Waals surface area (Å²) in [6.07, 6.45) is 3.40. The number of diazo groups is 1. The highest BCUT2D eigenvalue weighted by atomic mass is 15.1. The molecule has 1 aromatic rings. The summed E-state index contributed by atoms with van der Waals surface area (Å²) in [4.78, 5) is 3.13. The summed E-state index contributed by atoms with van der Waals surface area (Å²) < 4.78 is 0. The molecule has 0 amide bonds. The average molecular weight is 203 g/mol. The van der Waals surface area contributed by atoms with E-state index in [-0.39, 0.29) is 0 Å². The minimum absolute atomic E-state index is 0.455. The number of benzene rings is 1. The van der Waals surface area contributed by atoms with Gasteiger partial charge in [-0.1, -0.05) is 31.9 Å². The number of unbranched alkanes of at least 4 members (excludes halogenated alkanes) is 2. The Labute approximate surface area is 89.7 Å². The molecule has 0 spiro atoms. The first kappa shape index (κ1) is 11.3. The molecule has 0 heterocycles. The second-order valence-electron chi connectivity index (χ2n) is 3.26. The van der Waals surface area contributed by atoms with E-state index in [2.05, 4.69) is 22.1 Å². The van der Waals surface area contributed by atoms with Crippen molar-refractivity contribution in [3.63, 3.8) is 0 Å². The Morgan fingerprint density at radius 2 is 2.07 bits per heavy atom. The molecule has 0 atom stereocenters. The van der Waals surface area contributed by atoms with Gasteiger partial charge >= 0.3 is 5.69 Å². The summed E-state index contributed by atoms with van der Waals surface area (Å²) in [5, 5.41) is 16.7. The summed E-state index contributed by atoms with van der Waals surface area (Å²) >= 11 is 0. The van der Waals surface area contributed by atoms with Crippen molar-refractivity contribution in [1.82, 2.24) is 0 Å². The highest BCUT2D eigenvalue weighted by molar-refractivity contribution is 5.64. The van der Waals surface area contributed by atoms with Gasteiger partial charge in [0.2, 0.25) is 5.39 Å². The van der Waals surface area contributed by atoms with E-state index < -0.39 is 0 Å². The van der Waals surface area contributed by atoms with E-state index in [9.17, 15) is 0 Å². The summed E-state index contributed by atoms with van der Waals surface area (Å²) in [6, 6.07) is 7.11. The molecule has 0 N–H and O–H groups in total. The summed E-state index contributed by atoms with van der Waals surface area (Å²) in [6.45, 7) is 2.88. The van der Waals surface area contributed by atoms with Crippen LogP contribution in [0.25, 0.3) is 4.98 Å². The molecule has 4 heteroatoms. The predicted molar refractivity (Wildman–Crippen MR) is 60.1 cm³/mol. The second-order valence-corrected chi connectivity index (χ2v) is 3.26. The van der Waals surface area contributed by atoms with Gasteiger partial charge in [0, 0.05) is 6.07 Å². The number of hydrogen-bond donors (Lipinski definition) is 0. The van der Waals surface area contributed by atoms with Crippen molar-refractivity contribution in [2.45, 2.75) is 26.2 Å². The van der Waals surface area contributed by atoms with E-state index in [4.69, 9.17) is 5.39 Å². The van der Waals surface area contributed by atoms with E-state index in [1.165, 1.54) is 12.8 Å². The zero-order valence-corrected chi connectivity index (χ0v) is 8.93. The molecule has 0 radical (unpaired) electrons. The van der Waals surface area contributed by atoms with Gasteiger partial charge in [0.1, 0.15) is 0 Å². The molecule has 0 bridgehead atoms. The molecule has 0 aliphatic heterocycles. The fourth-order valence-corrected chi connectivity index (χ4v) is 1.19. The largest absolute Gasteiger partial charge is 0.412 e. The number of azo groups is 1. The maximum atomic E-state index is 8.68. The van der Waals surface area contributed by atoms with Crippen molar-refractivity contribution in [3.05, 3.63) is 29.2 Å². The molecule has 0 saturated carbocycles. The van der Waals surface area contributed by atoms with Crippen molar-refractivity contribution in [2.24, 2.45) is 10.2 Å². The SMILES string of the molecule is CCCCCN=Nc1ccccc1[N+]#N. The van der Waals surface area contributed by atoms with E-state index in [1.807, 2.05) is 6.07 Å². The van der Waals surface area contributed by atoms with E-state index in [0.717, 1.165) is 13.0 Å². The van der Waals surface area contributed by atoms with Crippen LogP contribution in [0, 0.1) is 5.39 Å². The standard InChI is InChI=1S/C11H15N4/c1-2-3-6-9-13-15-11-8-5-4-7-10(11)14-12/h4-5,7-8H,2-3,6,9H2,1H3/q+1. The Kier molecular flexibility index (Phi) is 5.02. The van der Waals surface area contributed by atoms with Crippen LogP contribution in [0.1, 0.15) is 26.2 Å². The molecule has 1 aromatic carbocycles. The van der Waals surface area contributed by atoms with E-state index >= 15 is 0 Å². The third kappa shape index (κ3) is 3.86. The maximum absolute atomic E-state index is 8.68. The van der Waals surface area contributed by atoms with E-state index in [1.54, 1.807) is 18.2 Å². The molecule has 1 rings (SSSR count). The van der Waals surface area contributed by atoms with Crippen LogP contribution in [0.4, 0.5) is 11.4 Å². The monoisotopic (exact) mass is 203 g/mol. The van der Waals surface area contributed by atoms with Crippen LogP contribution >= 0.6 is 0 Å². The lowest BCUT2D eigenvalue weighted by molar-refractivity contribution is 0.713. The zero-order valence-electron chi connectivity index (χ0n) is 8.93. The van der Waals surface area contributed by atoms with Crippen LogP contribution in [-0.2, 0) is 0 Å². The van der Waals surface area contributed by atoms with Gasteiger partial charge in [-0.3, -0.25) is 0 Å². The van der Waals surface area contributed by atoms with Gasteiger partial charge in [-0.25, -0.2) is 0 Å². The second kappa shape index (κ2) is 6.66. The van der Waals surface area contributed by atoms with E-state index in [0.29, 0.717) is 11.4 Å². The maximum Gasteiger partial charge on any atom is 0.412 e. The molecular weight excluding hydrogens is 188 g/mol. The first-order chi connectivity index (χ1) is 7.38. The number of hydrogen-bond acceptors (Lipinski definition) is 3. The van der Waals surface area contributed by atoms with Crippen LogP contribution < -0.4 is 0 Å². The van der Waals surface area contributed by atoms with Gasteiger partial charge < -0.3 is 0 Å². The van der Waals surface area contributed by atoms with Crippen LogP contribution in [0.2, 0.25) is 0 Å². The topological polar surface area (TPSA) is 52.9 Å². The predicted octanol–water partition coefficient (Wildman–Crippen LogP) is 4.45. The molecular formula is C11H15N4+. The fourth-order valence-electron chi connectivity index (χ4n) is 1.19. The van der Waals surface area contributed by atoms with Crippen molar-refractivity contribution >= 4 is 11.4 Å². The van der Waals surface area contributed by atoms with Crippen LogP contribution in [0.5, 0.6) is 0 Å². The van der Waals surface area contributed by atoms with Gasteiger partial charge in [0.25, 0.3) is 0 Å². The lowest BCUT2D eigenvalue weighted by atomic mass is 10.2. The molecule has 15 heavy (non-hydrogen) atoms. The molecule has 0 aliphatic carbocycles. The third-order valence-corrected chi connectivity index (χ3v) is 2.03. The lowest BCUT2D eigenvalue weighted by Crippen LogP contribution is -1.78. The minimum atomic E-state index is 0.455. The molecule has 4 nitrogen and oxygen atoms in total. The van der Waals surface area contributed by atoms with Crippen molar-refractivity contribution in [1.29, 1.82) is 5.39 Å². The van der Waals surface area contributed by atoms with Crippen molar-refractivity contribution < 1.29 is 0 Å². The van der Waals surface area contributed by atoms with Gasteiger partial charge in [-0.05, 0) is 12.5 Å². The van der Waals surface area contributed by atoms with Crippen LogP contribution in [0.15, 0.2) is 34.5 Å². The normalized spacial score (nSPS) is 10.4. The summed E-state index contributed by atoms with van der Waals surface area (Å²) in [7, 11) is 0. The highest BCUT2D eigenvalue weighted by Crippen LogP contribution is 2.27. The van der Waals surface area contributed by atoms with Crippen molar-refractivity contribution in [2.75, 3.05) is 6.54 Å². The summed E-state index contributed by atoms with van der Waals surface area (Å²) in [5.74, 6) is 0. The average Bonchev–Trinajstić information content (AvgIpc) is 2.29. The zero-order chi connectivity index (χ0) is 10.9. The fraction of sp³-hybridized carbons (Fsp3) is 0.455. The Bertz CT molecular complexity index is 365. The van der Waals surface area contributed by atoms with Gasteiger partial charge in [-0.2, -0.15) is 5.11 Å². The van der Waals surface area contributed by atoms with Gasteiger partial charge in [0.15, 0.2) is 10.7 Å². The molecule has 0 aromatic heterocycles. The van der Waals surface area contributed by atoms with Crippen molar-refractivity contribution in [3.8, 4) is 0 Å². The molecule has 0 saturated heterocycles. The summed E-state index contributed by atoms with van der Waals surface area (Å²) in [5.41, 5.74) is 1.06.